The first-order chi connectivity index (χ1) is 14.3. The number of aliphatic hydroxyl groups is 2. The Bertz CT molecular complexity index is 496. The molecule has 2 unspecified atom stereocenters. The fourth-order valence-corrected chi connectivity index (χ4v) is 4.98. The van der Waals surface area contributed by atoms with Gasteiger partial charge in [-0.15, -0.1) is 0 Å². The fourth-order valence-electron chi connectivity index (χ4n) is 4.98. The molecular formula is C24H42O6. The van der Waals surface area contributed by atoms with Gasteiger partial charge in [-0.05, 0) is 81.5 Å². The van der Waals surface area contributed by atoms with Crippen molar-refractivity contribution in [1.82, 2.24) is 0 Å². The van der Waals surface area contributed by atoms with E-state index in [1.807, 2.05) is 13.8 Å². The highest BCUT2D eigenvalue weighted by Crippen LogP contribution is 2.49. The molecule has 0 bridgehead atoms. The van der Waals surface area contributed by atoms with E-state index in [0.717, 1.165) is 37.5 Å². The molecule has 0 amide bonds. The van der Waals surface area contributed by atoms with Crippen LogP contribution in [0.3, 0.4) is 0 Å². The molecule has 2 atom stereocenters. The molecule has 2 aliphatic carbocycles. The number of esters is 1. The Morgan fingerprint density at radius 2 is 1.23 bits per heavy atom. The molecule has 0 aromatic heterocycles. The molecule has 3 aliphatic rings. The first kappa shape index (κ1) is 25.3. The smallest absolute Gasteiger partial charge is 0.338 e. The van der Waals surface area contributed by atoms with Crippen LogP contribution in [0.25, 0.3) is 0 Å². The lowest BCUT2D eigenvalue weighted by atomic mass is 9.60. The average Bonchev–Trinajstić information content (AvgIpc) is 2.73. The SMILES string of the molecule is CCC(O)OC1CCC(C(C)(C)C2CCC(OC(O)CC)CC2)CC1.O=C1C=CO1. The molecule has 0 aromatic rings. The van der Waals surface area contributed by atoms with E-state index in [1.165, 1.54) is 38.0 Å². The van der Waals surface area contributed by atoms with Gasteiger partial charge in [-0.1, -0.05) is 27.7 Å². The summed E-state index contributed by atoms with van der Waals surface area (Å²) >= 11 is 0. The van der Waals surface area contributed by atoms with E-state index in [-0.39, 0.29) is 18.2 Å². The second-order valence-electron chi connectivity index (χ2n) is 9.51. The molecular weight excluding hydrogens is 384 g/mol. The third-order valence-corrected chi connectivity index (χ3v) is 7.24. The molecule has 0 spiro atoms. The van der Waals surface area contributed by atoms with Crippen LogP contribution in [0, 0.1) is 17.3 Å². The van der Waals surface area contributed by atoms with Gasteiger partial charge >= 0.3 is 5.97 Å². The lowest BCUT2D eigenvalue weighted by molar-refractivity contribution is -0.156. The molecule has 2 N–H and O–H groups in total. The molecule has 6 heteroatoms. The van der Waals surface area contributed by atoms with Gasteiger partial charge in [0.15, 0.2) is 12.6 Å². The zero-order valence-corrected chi connectivity index (χ0v) is 19.2. The summed E-state index contributed by atoms with van der Waals surface area (Å²) in [5.74, 6) is 1.25. The Kier molecular flexibility index (Phi) is 10.3. The monoisotopic (exact) mass is 426 g/mol. The van der Waals surface area contributed by atoms with E-state index in [0.29, 0.717) is 18.3 Å². The molecule has 0 saturated heterocycles. The highest BCUT2D eigenvalue weighted by molar-refractivity contribution is 5.86. The van der Waals surface area contributed by atoms with Crippen LogP contribution in [0.15, 0.2) is 12.3 Å². The second-order valence-corrected chi connectivity index (χ2v) is 9.51. The van der Waals surface area contributed by atoms with Crippen molar-refractivity contribution in [3.05, 3.63) is 12.3 Å². The Morgan fingerprint density at radius 1 is 0.900 bits per heavy atom. The van der Waals surface area contributed by atoms with Gasteiger partial charge in [0, 0.05) is 0 Å². The predicted octanol–water partition coefficient (Wildman–Crippen LogP) is 4.68. The first-order valence-electron chi connectivity index (χ1n) is 11.8. The summed E-state index contributed by atoms with van der Waals surface area (Å²) in [6.45, 7) is 8.82. The summed E-state index contributed by atoms with van der Waals surface area (Å²) in [4.78, 5) is 9.59. The third-order valence-electron chi connectivity index (χ3n) is 7.24. The van der Waals surface area contributed by atoms with E-state index in [4.69, 9.17) is 9.47 Å². The van der Waals surface area contributed by atoms with Crippen molar-refractivity contribution in [3.8, 4) is 0 Å². The Hall–Kier alpha value is -0.950. The first-order valence-corrected chi connectivity index (χ1v) is 11.8. The number of hydrogen-bond acceptors (Lipinski definition) is 6. The van der Waals surface area contributed by atoms with Crippen molar-refractivity contribution in [2.75, 3.05) is 0 Å². The van der Waals surface area contributed by atoms with Crippen LogP contribution in [0.1, 0.15) is 91.9 Å². The highest BCUT2D eigenvalue weighted by atomic mass is 16.6. The van der Waals surface area contributed by atoms with E-state index in [9.17, 15) is 15.0 Å². The Morgan fingerprint density at radius 3 is 1.47 bits per heavy atom. The highest BCUT2D eigenvalue weighted by Gasteiger charge is 2.41. The number of aliphatic hydroxyl groups excluding tert-OH is 2. The summed E-state index contributed by atoms with van der Waals surface area (Å²) < 4.78 is 15.6. The standard InChI is InChI=1S/C21H40O4.C3H2O2/c1-5-19(22)24-17-11-7-15(8-12-17)21(3,4)16-9-13-18(14-10-16)25-20(23)6-2;4-3-1-2-5-3/h15-20,22-23H,5-14H2,1-4H3;1-2H. The summed E-state index contributed by atoms with van der Waals surface area (Å²) in [7, 11) is 0. The quantitative estimate of drug-likeness (QED) is 0.433. The van der Waals surface area contributed by atoms with E-state index in [1.54, 1.807) is 0 Å². The van der Waals surface area contributed by atoms with Gasteiger partial charge in [-0.25, -0.2) is 4.79 Å². The van der Waals surface area contributed by atoms with Crippen molar-refractivity contribution in [2.45, 2.75) is 117 Å². The molecule has 30 heavy (non-hydrogen) atoms. The number of carbonyl (C=O) groups excluding carboxylic acids is 1. The molecule has 0 radical (unpaired) electrons. The molecule has 2 saturated carbocycles. The van der Waals surface area contributed by atoms with Gasteiger partial charge in [-0.3, -0.25) is 0 Å². The maximum absolute atomic E-state index is 9.69. The van der Waals surface area contributed by atoms with Gasteiger partial charge in [0.05, 0.1) is 18.3 Å². The van der Waals surface area contributed by atoms with Crippen LogP contribution in [-0.2, 0) is 19.0 Å². The van der Waals surface area contributed by atoms with Crippen molar-refractivity contribution in [3.63, 3.8) is 0 Å². The Labute approximate surface area is 182 Å². The van der Waals surface area contributed by atoms with Gasteiger partial charge in [0.1, 0.15) is 6.26 Å². The normalized spacial score (nSPS) is 31.1. The van der Waals surface area contributed by atoms with Crippen molar-refractivity contribution >= 4 is 5.97 Å². The third kappa shape index (κ3) is 7.63. The van der Waals surface area contributed by atoms with Crippen LogP contribution >= 0.6 is 0 Å². The van der Waals surface area contributed by atoms with Crippen LogP contribution < -0.4 is 0 Å². The summed E-state index contributed by atoms with van der Waals surface area (Å²) in [5, 5.41) is 19.4. The number of cyclic esters (lactones) is 1. The van der Waals surface area contributed by atoms with Crippen LogP contribution in [0.2, 0.25) is 0 Å². The van der Waals surface area contributed by atoms with Crippen molar-refractivity contribution < 1.29 is 29.2 Å². The molecule has 6 nitrogen and oxygen atoms in total. The maximum atomic E-state index is 9.69. The molecule has 1 heterocycles. The lowest BCUT2D eigenvalue weighted by Gasteiger charge is -2.46. The zero-order chi connectivity index (χ0) is 22.1. The molecule has 0 aromatic carbocycles. The molecule has 3 rings (SSSR count). The fraction of sp³-hybridized carbons (Fsp3) is 0.875. The minimum Gasteiger partial charge on any atom is -0.431 e. The van der Waals surface area contributed by atoms with Crippen LogP contribution in [-0.4, -0.2) is 41.0 Å². The minimum atomic E-state index is -0.594. The van der Waals surface area contributed by atoms with E-state index in [2.05, 4.69) is 18.6 Å². The minimum absolute atomic E-state index is 0.238. The van der Waals surface area contributed by atoms with E-state index < -0.39 is 12.6 Å². The number of hydrogen-bond donors (Lipinski definition) is 2. The number of carbonyl (C=O) groups is 1. The zero-order valence-electron chi connectivity index (χ0n) is 19.2. The topological polar surface area (TPSA) is 85.2 Å². The van der Waals surface area contributed by atoms with Gasteiger partial charge in [-0.2, -0.15) is 0 Å². The molecule has 1 aliphatic heterocycles. The van der Waals surface area contributed by atoms with Crippen LogP contribution in [0.4, 0.5) is 0 Å². The predicted molar refractivity (Wildman–Crippen MR) is 115 cm³/mol. The molecule has 2 fully saturated rings. The number of rotatable bonds is 8. The lowest BCUT2D eigenvalue weighted by Crippen LogP contribution is -2.39. The summed E-state index contributed by atoms with van der Waals surface area (Å²) in [6.07, 6.45) is 12.5. The van der Waals surface area contributed by atoms with E-state index >= 15 is 0 Å². The summed E-state index contributed by atoms with van der Waals surface area (Å²) in [5.41, 5.74) is 0.350. The second kappa shape index (κ2) is 12.2. The summed E-state index contributed by atoms with van der Waals surface area (Å²) in [6, 6.07) is 0. The largest absolute Gasteiger partial charge is 0.431 e. The van der Waals surface area contributed by atoms with Crippen molar-refractivity contribution in [1.29, 1.82) is 0 Å². The molecule has 174 valence electrons. The average molecular weight is 427 g/mol. The maximum Gasteiger partial charge on any atom is 0.338 e. The van der Waals surface area contributed by atoms with Crippen molar-refractivity contribution in [2.24, 2.45) is 17.3 Å². The van der Waals surface area contributed by atoms with Gasteiger partial charge in [0.2, 0.25) is 0 Å². The number of ether oxygens (including phenoxy) is 3. The Balaban J connectivity index is 0.000000558. The van der Waals surface area contributed by atoms with Crippen LogP contribution in [0.5, 0.6) is 0 Å². The van der Waals surface area contributed by atoms with Gasteiger partial charge in [0.25, 0.3) is 0 Å². The van der Waals surface area contributed by atoms with Gasteiger partial charge < -0.3 is 24.4 Å².